The summed E-state index contributed by atoms with van der Waals surface area (Å²) in [5.74, 6) is 1.09. The van der Waals surface area contributed by atoms with Crippen LogP contribution in [0.5, 0.6) is 11.8 Å². The molecule has 5 nitrogen and oxygen atoms in total. The normalized spacial score (nSPS) is 24.0. The van der Waals surface area contributed by atoms with Gasteiger partial charge in [-0.3, -0.25) is 0 Å². The van der Waals surface area contributed by atoms with Gasteiger partial charge in [0.2, 0.25) is 11.8 Å². The van der Waals surface area contributed by atoms with Crippen LogP contribution in [0.25, 0.3) is 0 Å². The molecule has 0 aromatic carbocycles. The highest BCUT2D eigenvalue weighted by Crippen LogP contribution is 2.22. The highest BCUT2D eigenvalue weighted by Gasteiger charge is 2.22. The van der Waals surface area contributed by atoms with E-state index in [1.807, 2.05) is 13.8 Å². The molecule has 2 rings (SSSR count). The zero-order chi connectivity index (χ0) is 13.7. The first-order chi connectivity index (χ1) is 9.15. The fourth-order valence-corrected chi connectivity index (χ4v) is 2.30. The van der Waals surface area contributed by atoms with Gasteiger partial charge < -0.3 is 15.2 Å². The zero-order valence-electron chi connectivity index (χ0n) is 11.7. The molecule has 0 bridgehead atoms. The lowest BCUT2D eigenvalue weighted by molar-refractivity contribution is 0.153. The van der Waals surface area contributed by atoms with E-state index in [1.54, 1.807) is 6.07 Å². The van der Waals surface area contributed by atoms with Gasteiger partial charge >= 0.3 is 0 Å². The summed E-state index contributed by atoms with van der Waals surface area (Å²) < 4.78 is 11.4. The Morgan fingerprint density at radius 1 is 1.16 bits per heavy atom. The van der Waals surface area contributed by atoms with Crippen LogP contribution in [0.15, 0.2) is 12.4 Å². The van der Waals surface area contributed by atoms with Gasteiger partial charge in [-0.1, -0.05) is 12.8 Å². The molecule has 0 radical (unpaired) electrons. The SMILES string of the molecule is CC(C)Oc1cc(OC2CCCCCC2N)ncn1. The van der Waals surface area contributed by atoms with Crippen LogP contribution in [0.4, 0.5) is 0 Å². The van der Waals surface area contributed by atoms with E-state index >= 15 is 0 Å². The third-order valence-corrected chi connectivity index (χ3v) is 3.25. The van der Waals surface area contributed by atoms with Crippen molar-refractivity contribution in [3.63, 3.8) is 0 Å². The molecule has 1 aromatic heterocycles. The van der Waals surface area contributed by atoms with Crippen LogP contribution in [0, 0.1) is 0 Å². The molecule has 2 unspecified atom stereocenters. The fourth-order valence-electron chi connectivity index (χ4n) is 2.30. The van der Waals surface area contributed by atoms with E-state index in [4.69, 9.17) is 15.2 Å². The molecule has 1 aliphatic rings. The van der Waals surface area contributed by atoms with E-state index in [2.05, 4.69) is 9.97 Å². The van der Waals surface area contributed by atoms with Crippen molar-refractivity contribution in [3.05, 3.63) is 12.4 Å². The summed E-state index contributed by atoms with van der Waals surface area (Å²) >= 11 is 0. The van der Waals surface area contributed by atoms with E-state index in [0.717, 1.165) is 12.8 Å². The van der Waals surface area contributed by atoms with Gasteiger partial charge in [0.15, 0.2) is 0 Å². The number of ether oxygens (including phenoxy) is 2. The van der Waals surface area contributed by atoms with Crippen LogP contribution in [-0.4, -0.2) is 28.2 Å². The van der Waals surface area contributed by atoms with Gasteiger partial charge in [0.1, 0.15) is 12.4 Å². The first-order valence-electron chi connectivity index (χ1n) is 7.06. The number of hydrogen-bond acceptors (Lipinski definition) is 5. The second-order valence-electron chi connectivity index (χ2n) is 5.32. The van der Waals surface area contributed by atoms with Crippen LogP contribution < -0.4 is 15.2 Å². The molecule has 106 valence electrons. The molecule has 2 N–H and O–H groups in total. The Labute approximate surface area is 114 Å². The van der Waals surface area contributed by atoms with Gasteiger partial charge in [-0.15, -0.1) is 0 Å². The van der Waals surface area contributed by atoms with Gasteiger partial charge in [-0.2, -0.15) is 0 Å². The molecular formula is C14H23N3O2. The van der Waals surface area contributed by atoms with Crippen molar-refractivity contribution in [3.8, 4) is 11.8 Å². The van der Waals surface area contributed by atoms with E-state index in [1.165, 1.54) is 25.6 Å². The van der Waals surface area contributed by atoms with Crippen molar-refractivity contribution >= 4 is 0 Å². The number of rotatable bonds is 4. The monoisotopic (exact) mass is 265 g/mol. The molecule has 2 atom stereocenters. The van der Waals surface area contributed by atoms with Crippen molar-refractivity contribution in [1.29, 1.82) is 0 Å². The highest BCUT2D eigenvalue weighted by molar-refractivity contribution is 5.18. The number of aromatic nitrogens is 2. The van der Waals surface area contributed by atoms with Crippen molar-refractivity contribution in [1.82, 2.24) is 9.97 Å². The van der Waals surface area contributed by atoms with E-state index in [0.29, 0.717) is 11.8 Å². The van der Waals surface area contributed by atoms with E-state index in [9.17, 15) is 0 Å². The number of nitrogens with zero attached hydrogens (tertiary/aromatic N) is 2. The van der Waals surface area contributed by atoms with Crippen molar-refractivity contribution < 1.29 is 9.47 Å². The van der Waals surface area contributed by atoms with Crippen LogP contribution in [0.2, 0.25) is 0 Å². The molecule has 19 heavy (non-hydrogen) atoms. The van der Waals surface area contributed by atoms with Crippen molar-refractivity contribution in [2.24, 2.45) is 5.73 Å². The summed E-state index contributed by atoms with van der Waals surface area (Å²) in [6, 6.07) is 1.82. The third-order valence-electron chi connectivity index (χ3n) is 3.25. The molecule has 1 fully saturated rings. The summed E-state index contributed by atoms with van der Waals surface area (Å²) in [6.07, 6.45) is 7.20. The molecule has 1 saturated carbocycles. The van der Waals surface area contributed by atoms with Crippen molar-refractivity contribution in [2.45, 2.75) is 64.2 Å². The average Bonchev–Trinajstić information content (AvgIpc) is 2.55. The smallest absolute Gasteiger partial charge is 0.220 e. The molecule has 5 heteroatoms. The predicted octanol–water partition coefficient (Wildman–Crippen LogP) is 2.30. The minimum Gasteiger partial charge on any atom is -0.475 e. The minimum absolute atomic E-state index is 0.0456. The summed E-state index contributed by atoms with van der Waals surface area (Å²) in [6.45, 7) is 3.92. The standard InChI is InChI=1S/C14H23N3O2/c1-10(2)18-13-8-14(17-9-16-13)19-12-7-5-3-4-6-11(12)15/h8-12H,3-7,15H2,1-2H3. The maximum atomic E-state index is 6.15. The Bertz CT molecular complexity index is 398. The molecule has 0 saturated heterocycles. The Balaban J connectivity index is 2.01. The Morgan fingerprint density at radius 3 is 2.68 bits per heavy atom. The first-order valence-corrected chi connectivity index (χ1v) is 7.06. The van der Waals surface area contributed by atoms with Crippen LogP contribution >= 0.6 is 0 Å². The van der Waals surface area contributed by atoms with Crippen molar-refractivity contribution in [2.75, 3.05) is 0 Å². The molecular weight excluding hydrogens is 242 g/mol. The number of hydrogen-bond donors (Lipinski definition) is 1. The summed E-state index contributed by atoms with van der Waals surface area (Å²) in [5, 5.41) is 0. The lowest BCUT2D eigenvalue weighted by Crippen LogP contribution is -2.38. The number of nitrogens with two attached hydrogens (primary N) is 1. The molecule has 0 spiro atoms. The predicted molar refractivity (Wildman–Crippen MR) is 73.3 cm³/mol. The maximum absolute atomic E-state index is 6.15. The largest absolute Gasteiger partial charge is 0.475 e. The molecule has 1 heterocycles. The Morgan fingerprint density at radius 2 is 1.89 bits per heavy atom. The lowest BCUT2D eigenvalue weighted by Gasteiger charge is -2.22. The topological polar surface area (TPSA) is 70.3 Å². The van der Waals surface area contributed by atoms with Crippen LogP contribution in [-0.2, 0) is 0 Å². The van der Waals surface area contributed by atoms with Gasteiger partial charge in [0, 0.05) is 6.04 Å². The van der Waals surface area contributed by atoms with Crippen LogP contribution in [0.3, 0.4) is 0 Å². The Hall–Kier alpha value is -1.36. The minimum atomic E-state index is 0.0456. The van der Waals surface area contributed by atoms with Gasteiger partial charge in [0.25, 0.3) is 0 Å². The second kappa shape index (κ2) is 6.70. The van der Waals surface area contributed by atoms with Gasteiger partial charge in [-0.05, 0) is 33.1 Å². The quantitative estimate of drug-likeness (QED) is 0.846. The zero-order valence-corrected chi connectivity index (χ0v) is 11.7. The molecule has 0 aliphatic heterocycles. The first kappa shape index (κ1) is 14.1. The Kier molecular flexibility index (Phi) is 4.96. The average molecular weight is 265 g/mol. The van der Waals surface area contributed by atoms with Gasteiger partial charge in [-0.25, -0.2) is 9.97 Å². The third kappa shape index (κ3) is 4.35. The summed E-state index contributed by atoms with van der Waals surface area (Å²) in [7, 11) is 0. The molecule has 0 amide bonds. The van der Waals surface area contributed by atoms with E-state index < -0.39 is 0 Å². The molecule has 1 aliphatic carbocycles. The van der Waals surface area contributed by atoms with E-state index in [-0.39, 0.29) is 18.2 Å². The van der Waals surface area contributed by atoms with Crippen LogP contribution in [0.1, 0.15) is 46.0 Å². The highest BCUT2D eigenvalue weighted by atomic mass is 16.5. The van der Waals surface area contributed by atoms with Gasteiger partial charge in [0.05, 0.1) is 12.2 Å². The maximum Gasteiger partial charge on any atom is 0.220 e. The fraction of sp³-hybridized carbons (Fsp3) is 0.714. The second-order valence-corrected chi connectivity index (χ2v) is 5.32. The summed E-state index contributed by atoms with van der Waals surface area (Å²) in [4.78, 5) is 8.20. The lowest BCUT2D eigenvalue weighted by atomic mass is 10.1. The summed E-state index contributed by atoms with van der Waals surface area (Å²) in [5.41, 5.74) is 6.15. The molecule has 1 aromatic rings.